The van der Waals surface area contributed by atoms with Gasteiger partial charge in [-0.05, 0) is 55.2 Å². The largest absolute Gasteiger partial charge is 0.313 e. The minimum absolute atomic E-state index is 0.701. The maximum atomic E-state index is 5.92. The summed E-state index contributed by atoms with van der Waals surface area (Å²) < 4.78 is 0. The Morgan fingerprint density at radius 2 is 1.81 bits per heavy atom. The van der Waals surface area contributed by atoms with E-state index in [0.717, 1.165) is 18.7 Å². The highest BCUT2D eigenvalue weighted by Crippen LogP contribution is 2.18. The van der Waals surface area contributed by atoms with Gasteiger partial charge >= 0.3 is 0 Å². The predicted octanol–water partition coefficient (Wildman–Crippen LogP) is 4.23. The van der Waals surface area contributed by atoms with Crippen LogP contribution in [0.1, 0.15) is 18.4 Å². The molecule has 1 aromatic carbocycles. The van der Waals surface area contributed by atoms with Crippen molar-refractivity contribution in [1.82, 2.24) is 5.32 Å². The van der Waals surface area contributed by atoms with E-state index in [0.29, 0.717) is 10.0 Å². The molecule has 0 bridgehead atoms. The lowest BCUT2D eigenvalue weighted by molar-refractivity contribution is 0.644. The van der Waals surface area contributed by atoms with E-state index < -0.39 is 0 Å². The quantitative estimate of drug-likeness (QED) is 0.749. The average Bonchev–Trinajstić information content (AvgIpc) is 2.22. The number of unbranched alkanes of at least 4 members (excludes halogenated alkanes) is 1. The Labute approximate surface area is 112 Å². The second-order valence-corrected chi connectivity index (χ2v) is 5.51. The van der Waals surface area contributed by atoms with E-state index in [2.05, 4.69) is 11.6 Å². The fourth-order valence-electron chi connectivity index (χ4n) is 1.44. The molecule has 0 atom stereocenters. The van der Waals surface area contributed by atoms with E-state index in [1.54, 1.807) is 6.07 Å². The molecule has 0 unspecified atom stereocenters. The standard InChI is InChI=1S/C12H17Cl2NS/c1-16-5-3-2-4-15-9-10-6-11(13)8-12(14)7-10/h6-8,15H,2-5,9H2,1H3. The summed E-state index contributed by atoms with van der Waals surface area (Å²) in [7, 11) is 0. The SMILES string of the molecule is CSCCCCNCc1cc(Cl)cc(Cl)c1. The zero-order valence-corrected chi connectivity index (χ0v) is 11.8. The molecular weight excluding hydrogens is 261 g/mol. The Bertz CT molecular complexity index is 298. The molecule has 0 aromatic heterocycles. The molecule has 0 heterocycles. The summed E-state index contributed by atoms with van der Waals surface area (Å²) in [5, 5.41) is 4.79. The number of rotatable bonds is 7. The molecule has 0 spiro atoms. The lowest BCUT2D eigenvalue weighted by Crippen LogP contribution is -2.14. The highest BCUT2D eigenvalue weighted by Gasteiger charge is 1.97. The first-order valence-electron chi connectivity index (χ1n) is 5.37. The second kappa shape index (κ2) is 8.24. The smallest absolute Gasteiger partial charge is 0.0424 e. The van der Waals surface area contributed by atoms with E-state index in [1.165, 1.54) is 18.6 Å². The molecule has 16 heavy (non-hydrogen) atoms. The van der Waals surface area contributed by atoms with Crippen molar-refractivity contribution in [1.29, 1.82) is 0 Å². The molecule has 4 heteroatoms. The van der Waals surface area contributed by atoms with Gasteiger partial charge in [0.15, 0.2) is 0 Å². The normalized spacial score (nSPS) is 10.7. The van der Waals surface area contributed by atoms with E-state index >= 15 is 0 Å². The molecule has 1 aromatic rings. The van der Waals surface area contributed by atoms with Gasteiger partial charge in [-0.2, -0.15) is 11.8 Å². The maximum Gasteiger partial charge on any atom is 0.0424 e. The third-order valence-electron chi connectivity index (χ3n) is 2.20. The second-order valence-electron chi connectivity index (χ2n) is 3.65. The minimum atomic E-state index is 0.701. The monoisotopic (exact) mass is 277 g/mol. The minimum Gasteiger partial charge on any atom is -0.313 e. The van der Waals surface area contributed by atoms with Crippen LogP contribution in [0.3, 0.4) is 0 Å². The highest BCUT2D eigenvalue weighted by atomic mass is 35.5. The first-order chi connectivity index (χ1) is 7.72. The molecule has 0 aliphatic carbocycles. The van der Waals surface area contributed by atoms with Crippen molar-refractivity contribution in [3.63, 3.8) is 0 Å². The van der Waals surface area contributed by atoms with Crippen LogP contribution in [-0.4, -0.2) is 18.6 Å². The number of hydrogen-bond acceptors (Lipinski definition) is 2. The molecule has 1 N–H and O–H groups in total. The molecular formula is C12H17Cl2NS. The fourth-order valence-corrected chi connectivity index (χ4v) is 2.51. The first kappa shape index (κ1) is 14.2. The van der Waals surface area contributed by atoms with E-state index in [-0.39, 0.29) is 0 Å². The summed E-state index contributed by atoms with van der Waals surface area (Å²) in [4.78, 5) is 0. The van der Waals surface area contributed by atoms with Crippen molar-refractivity contribution in [3.8, 4) is 0 Å². The van der Waals surface area contributed by atoms with Crippen molar-refractivity contribution < 1.29 is 0 Å². The molecule has 1 rings (SSSR count). The van der Waals surface area contributed by atoms with Crippen LogP contribution >= 0.6 is 35.0 Å². The summed E-state index contributed by atoms with van der Waals surface area (Å²) in [6.45, 7) is 1.88. The highest BCUT2D eigenvalue weighted by molar-refractivity contribution is 7.98. The summed E-state index contributed by atoms with van der Waals surface area (Å²) in [5.41, 5.74) is 1.14. The van der Waals surface area contributed by atoms with Gasteiger partial charge in [0.1, 0.15) is 0 Å². The van der Waals surface area contributed by atoms with Gasteiger partial charge in [-0.3, -0.25) is 0 Å². The van der Waals surface area contributed by atoms with Crippen molar-refractivity contribution in [3.05, 3.63) is 33.8 Å². The summed E-state index contributed by atoms with van der Waals surface area (Å²) in [6, 6.07) is 5.65. The average molecular weight is 278 g/mol. The molecule has 1 nitrogen and oxygen atoms in total. The molecule has 90 valence electrons. The number of nitrogens with one attached hydrogen (secondary N) is 1. The topological polar surface area (TPSA) is 12.0 Å². The van der Waals surface area contributed by atoms with Gasteiger partial charge in [-0.1, -0.05) is 23.2 Å². The van der Waals surface area contributed by atoms with Crippen molar-refractivity contribution >= 4 is 35.0 Å². The Morgan fingerprint density at radius 3 is 2.44 bits per heavy atom. The van der Waals surface area contributed by atoms with E-state index in [1.807, 2.05) is 23.9 Å². The van der Waals surface area contributed by atoms with Gasteiger partial charge in [0, 0.05) is 16.6 Å². The summed E-state index contributed by atoms with van der Waals surface area (Å²) in [6.07, 6.45) is 4.63. The lowest BCUT2D eigenvalue weighted by atomic mass is 10.2. The van der Waals surface area contributed by atoms with Gasteiger partial charge in [0.2, 0.25) is 0 Å². The maximum absolute atomic E-state index is 5.92. The molecule has 0 aliphatic heterocycles. The Balaban J connectivity index is 2.21. The van der Waals surface area contributed by atoms with Crippen LogP contribution < -0.4 is 5.32 Å². The number of halogens is 2. The molecule has 0 saturated heterocycles. The van der Waals surface area contributed by atoms with Crippen LogP contribution in [-0.2, 0) is 6.54 Å². The Morgan fingerprint density at radius 1 is 1.12 bits per heavy atom. The van der Waals surface area contributed by atoms with Gasteiger partial charge in [0.25, 0.3) is 0 Å². The van der Waals surface area contributed by atoms with Crippen molar-refractivity contribution in [2.75, 3.05) is 18.6 Å². The van der Waals surface area contributed by atoms with Gasteiger partial charge in [0.05, 0.1) is 0 Å². The van der Waals surface area contributed by atoms with E-state index in [9.17, 15) is 0 Å². The zero-order valence-electron chi connectivity index (χ0n) is 9.43. The molecule has 0 fully saturated rings. The number of hydrogen-bond donors (Lipinski definition) is 1. The molecule has 0 amide bonds. The molecule has 0 aliphatic rings. The van der Waals surface area contributed by atoms with Crippen LogP contribution in [0, 0.1) is 0 Å². The van der Waals surface area contributed by atoms with Gasteiger partial charge in [-0.15, -0.1) is 0 Å². The van der Waals surface area contributed by atoms with Gasteiger partial charge < -0.3 is 5.32 Å². The van der Waals surface area contributed by atoms with Crippen LogP contribution in [0.2, 0.25) is 10.0 Å². The third-order valence-corrected chi connectivity index (χ3v) is 3.34. The zero-order chi connectivity index (χ0) is 11.8. The summed E-state index contributed by atoms with van der Waals surface area (Å²) >= 11 is 13.7. The molecule has 0 saturated carbocycles. The van der Waals surface area contributed by atoms with Crippen LogP contribution in [0.25, 0.3) is 0 Å². The van der Waals surface area contributed by atoms with Crippen molar-refractivity contribution in [2.45, 2.75) is 19.4 Å². The predicted molar refractivity (Wildman–Crippen MR) is 75.8 cm³/mol. The third kappa shape index (κ3) is 6.00. The van der Waals surface area contributed by atoms with Crippen LogP contribution in [0.5, 0.6) is 0 Å². The summed E-state index contributed by atoms with van der Waals surface area (Å²) in [5.74, 6) is 1.24. The molecule has 0 radical (unpaired) electrons. The van der Waals surface area contributed by atoms with Gasteiger partial charge in [-0.25, -0.2) is 0 Å². The Hall–Kier alpha value is 0.110. The van der Waals surface area contributed by atoms with Crippen LogP contribution in [0.4, 0.5) is 0 Å². The Kier molecular flexibility index (Phi) is 7.30. The van der Waals surface area contributed by atoms with E-state index in [4.69, 9.17) is 23.2 Å². The number of thioether (sulfide) groups is 1. The fraction of sp³-hybridized carbons (Fsp3) is 0.500. The number of benzene rings is 1. The first-order valence-corrected chi connectivity index (χ1v) is 7.52. The van der Waals surface area contributed by atoms with Crippen LogP contribution in [0.15, 0.2) is 18.2 Å². The lowest BCUT2D eigenvalue weighted by Gasteiger charge is -2.05. The van der Waals surface area contributed by atoms with Crippen molar-refractivity contribution in [2.24, 2.45) is 0 Å².